The van der Waals surface area contributed by atoms with Crippen molar-refractivity contribution in [2.45, 2.75) is 24.8 Å². The molecule has 1 heterocycles. The van der Waals surface area contributed by atoms with Gasteiger partial charge in [-0.25, -0.2) is 13.1 Å². The van der Waals surface area contributed by atoms with Crippen molar-refractivity contribution in [3.63, 3.8) is 0 Å². The molecule has 6 heteroatoms. The molecule has 0 unspecified atom stereocenters. The largest absolute Gasteiger partial charge is 0.469 e. The molecule has 2 aromatic rings. The normalized spacial score (nSPS) is 11.7. The Morgan fingerprint density at radius 2 is 2.05 bits per heavy atom. The minimum absolute atomic E-state index is 0.289. The fourth-order valence-electron chi connectivity index (χ4n) is 1.94. The Kier molecular flexibility index (Phi) is 5.55. The van der Waals surface area contributed by atoms with Crippen LogP contribution >= 0.6 is 0 Å². The average molecular weight is 308 g/mol. The fourth-order valence-corrected chi connectivity index (χ4v) is 3.04. The summed E-state index contributed by atoms with van der Waals surface area (Å²) in [7, 11) is -3.48. The first-order chi connectivity index (χ1) is 10.1. The highest BCUT2D eigenvalue weighted by molar-refractivity contribution is 7.89. The topological polar surface area (TPSA) is 71.3 Å². The van der Waals surface area contributed by atoms with Crippen LogP contribution in [0.3, 0.4) is 0 Å². The molecule has 1 aromatic heterocycles. The van der Waals surface area contributed by atoms with Gasteiger partial charge in [-0.1, -0.05) is 19.1 Å². The summed E-state index contributed by atoms with van der Waals surface area (Å²) in [5.41, 5.74) is 0.950. The van der Waals surface area contributed by atoms with Gasteiger partial charge in [0.15, 0.2) is 0 Å². The van der Waals surface area contributed by atoms with E-state index in [0.717, 1.165) is 17.9 Å². The van der Waals surface area contributed by atoms with Gasteiger partial charge in [0.05, 0.1) is 11.2 Å². The first kappa shape index (κ1) is 15.8. The maximum atomic E-state index is 12.2. The minimum atomic E-state index is -3.48. The molecule has 0 aliphatic rings. The molecule has 2 rings (SSSR count). The van der Waals surface area contributed by atoms with E-state index in [2.05, 4.69) is 10.0 Å². The Labute approximate surface area is 125 Å². The molecular weight excluding hydrogens is 288 g/mol. The molecule has 0 aliphatic heterocycles. The standard InChI is InChI=1S/C15H20N2O3S/c1-2-16-12-13-5-3-7-15(11-13)21(18,19)17-9-8-14-6-4-10-20-14/h3-7,10-11,16-17H,2,8-9,12H2,1H3. The van der Waals surface area contributed by atoms with E-state index in [1.165, 1.54) is 0 Å². The van der Waals surface area contributed by atoms with Crippen LogP contribution in [0.2, 0.25) is 0 Å². The molecule has 2 N–H and O–H groups in total. The van der Waals surface area contributed by atoms with Gasteiger partial charge in [-0.3, -0.25) is 0 Å². The highest BCUT2D eigenvalue weighted by atomic mass is 32.2. The van der Waals surface area contributed by atoms with Crippen LogP contribution in [0, 0.1) is 0 Å². The lowest BCUT2D eigenvalue weighted by Crippen LogP contribution is -2.26. The van der Waals surface area contributed by atoms with E-state index in [9.17, 15) is 8.42 Å². The van der Waals surface area contributed by atoms with E-state index in [0.29, 0.717) is 19.5 Å². The van der Waals surface area contributed by atoms with Crippen molar-refractivity contribution >= 4 is 10.0 Å². The number of rotatable bonds is 8. The van der Waals surface area contributed by atoms with Crippen molar-refractivity contribution in [3.8, 4) is 0 Å². The summed E-state index contributed by atoms with van der Waals surface area (Å²) in [6, 6.07) is 10.6. The van der Waals surface area contributed by atoms with Gasteiger partial charge < -0.3 is 9.73 Å². The van der Waals surface area contributed by atoms with E-state index in [-0.39, 0.29) is 4.90 Å². The van der Waals surface area contributed by atoms with Crippen LogP contribution in [-0.2, 0) is 23.0 Å². The first-order valence-corrected chi connectivity index (χ1v) is 8.42. The quantitative estimate of drug-likeness (QED) is 0.781. The maximum Gasteiger partial charge on any atom is 0.240 e. The number of nitrogens with one attached hydrogen (secondary N) is 2. The molecule has 21 heavy (non-hydrogen) atoms. The monoisotopic (exact) mass is 308 g/mol. The van der Waals surface area contributed by atoms with Crippen molar-refractivity contribution in [2.75, 3.05) is 13.1 Å². The number of hydrogen-bond donors (Lipinski definition) is 2. The van der Waals surface area contributed by atoms with Crippen LogP contribution in [0.25, 0.3) is 0 Å². The van der Waals surface area contributed by atoms with E-state index >= 15 is 0 Å². The third-order valence-electron chi connectivity index (χ3n) is 3.03. The zero-order valence-corrected chi connectivity index (χ0v) is 12.8. The molecule has 0 saturated heterocycles. The van der Waals surface area contributed by atoms with E-state index < -0.39 is 10.0 Å². The van der Waals surface area contributed by atoms with Gasteiger partial charge in [0, 0.05) is 19.5 Å². The number of benzene rings is 1. The summed E-state index contributed by atoms with van der Waals surface area (Å²) >= 11 is 0. The van der Waals surface area contributed by atoms with Crippen LogP contribution in [0.1, 0.15) is 18.2 Å². The molecule has 1 aromatic carbocycles. The lowest BCUT2D eigenvalue weighted by molar-refractivity contribution is 0.506. The molecule has 5 nitrogen and oxygen atoms in total. The predicted molar refractivity (Wildman–Crippen MR) is 81.4 cm³/mol. The molecule has 0 radical (unpaired) electrons. The van der Waals surface area contributed by atoms with Crippen molar-refractivity contribution in [3.05, 3.63) is 54.0 Å². The summed E-state index contributed by atoms with van der Waals surface area (Å²) in [6.45, 7) is 3.83. The number of furan rings is 1. The molecule has 0 bridgehead atoms. The van der Waals surface area contributed by atoms with Gasteiger partial charge in [-0.15, -0.1) is 0 Å². The Hall–Kier alpha value is -1.63. The van der Waals surface area contributed by atoms with Crippen LogP contribution in [-0.4, -0.2) is 21.5 Å². The van der Waals surface area contributed by atoms with Gasteiger partial charge in [-0.05, 0) is 36.4 Å². The highest BCUT2D eigenvalue weighted by Gasteiger charge is 2.13. The zero-order valence-electron chi connectivity index (χ0n) is 12.0. The van der Waals surface area contributed by atoms with Crippen molar-refractivity contribution in [1.29, 1.82) is 0 Å². The lowest BCUT2D eigenvalue weighted by Gasteiger charge is -2.08. The fraction of sp³-hybridized carbons (Fsp3) is 0.333. The predicted octanol–water partition coefficient (Wildman–Crippen LogP) is 1.91. The molecule has 0 aliphatic carbocycles. The van der Waals surface area contributed by atoms with Gasteiger partial charge in [0.25, 0.3) is 0 Å². The summed E-state index contributed by atoms with van der Waals surface area (Å²) in [6.07, 6.45) is 2.11. The second-order valence-corrected chi connectivity index (χ2v) is 6.42. The van der Waals surface area contributed by atoms with Crippen LogP contribution in [0.5, 0.6) is 0 Å². The summed E-state index contributed by atoms with van der Waals surface area (Å²) in [5.74, 6) is 0.763. The van der Waals surface area contributed by atoms with E-state index in [1.54, 1.807) is 30.5 Å². The molecular formula is C15H20N2O3S. The first-order valence-electron chi connectivity index (χ1n) is 6.93. The summed E-state index contributed by atoms with van der Waals surface area (Å²) in [4.78, 5) is 0.289. The van der Waals surface area contributed by atoms with Gasteiger partial charge >= 0.3 is 0 Å². The zero-order chi connectivity index (χ0) is 15.1. The van der Waals surface area contributed by atoms with Crippen LogP contribution in [0.15, 0.2) is 52.0 Å². The smallest absolute Gasteiger partial charge is 0.240 e. The SMILES string of the molecule is CCNCc1cccc(S(=O)(=O)NCCc2ccco2)c1. The third kappa shape index (κ3) is 4.70. The highest BCUT2D eigenvalue weighted by Crippen LogP contribution is 2.11. The average Bonchev–Trinajstić information content (AvgIpc) is 2.98. The van der Waals surface area contributed by atoms with Crippen LogP contribution in [0.4, 0.5) is 0 Å². The third-order valence-corrected chi connectivity index (χ3v) is 4.49. The molecule has 0 fully saturated rings. The molecule has 0 amide bonds. The molecule has 0 atom stereocenters. The number of sulfonamides is 1. The second-order valence-electron chi connectivity index (χ2n) is 4.65. The molecule has 0 saturated carbocycles. The Morgan fingerprint density at radius 1 is 1.19 bits per heavy atom. The van der Waals surface area contributed by atoms with Crippen molar-refractivity contribution in [1.82, 2.24) is 10.0 Å². The van der Waals surface area contributed by atoms with Crippen LogP contribution < -0.4 is 10.0 Å². The second kappa shape index (κ2) is 7.40. The van der Waals surface area contributed by atoms with Gasteiger partial charge in [0.2, 0.25) is 10.0 Å². The lowest BCUT2D eigenvalue weighted by atomic mass is 10.2. The Balaban J connectivity index is 1.98. The Morgan fingerprint density at radius 3 is 2.76 bits per heavy atom. The van der Waals surface area contributed by atoms with Crippen molar-refractivity contribution in [2.24, 2.45) is 0 Å². The maximum absolute atomic E-state index is 12.2. The summed E-state index contributed by atoms with van der Waals surface area (Å²) in [5, 5.41) is 3.18. The molecule has 0 spiro atoms. The minimum Gasteiger partial charge on any atom is -0.469 e. The van der Waals surface area contributed by atoms with Gasteiger partial charge in [0.1, 0.15) is 5.76 Å². The summed E-state index contributed by atoms with van der Waals surface area (Å²) < 4.78 is 32.2. The van der Waals surface area contributed by atoms with E-state index in [1.807, 2.05) is 19.1 Å². The van der Waals surface area contributed by atoms with Crippen molar-refractivity contribution < 1.29 is 12.8 Å². The van der Waals surface area contributed by atoms with Gasteiger partial charge in [-0.2, -0.15) is 0 Å². The Bertz CT molecular complexity index is 651. The van der Waals surface area contributed by atoms with E-state index in [4.69, 9.17) is 4.42 Å². The molecule has 114 valence electrons. The number of hydrogen-bond acceptors (Lipinski definition) is 4.